The molecule has 0 spiro atoms. The van der Waals surface area contributed by atoms with Crippen LogP contribution in [-0.2, 0) is 13.1 Å². The molecule has 1 aromatic heterocycles. The summed E-state index contributed by atoms with van der Waals surface area (Å²) >= 11 is 0. The average Bonchev–Trinajstić information content (AvgIpc) is 2.83. The Bertz CT molecular complexity index is 1320. The summed E-state index contributed by atoms with van der Waals surface area (Å²) in [4.78, 5) is 22.4. The van der Waals surface area contributed by atoms with Gasteiger partial charge in [-0.05, 0) is 48.2 Å². The lowest BCUT2D eigenvalue weighted by molar-refractivity contribution is 0.181. The van der Waals surface area contributed by atoms with Gasteiger partial charge < -0.3 is 4.98 Å². The molecule has 0 aliphatic heterocycles. The lowest BCUT2D eigenvalue weighted by Crippen LogP contribution is -2.33. The van der Waals surface area contributed by atoms with Gasteiger partial charge in [-0.3, -0.25) is 9.69 Å². The number of nitriles is 1. The summed E-state index contributed by atoms with van der Waals surface area (Å²) in [5.74, 6) is 0.675. The van der Waals surface area contributed by atoms with Gasteiger partial charge in [0.1, 0.15) is 5.82 Å². The normalized spacial score (nSPS) is 12.1. The van der Waals surface area contributed by atoms with E-state index in [1.54, 1.807) is 6.07 Å². The van der Waals surface area contributed by atoms with Gasteiger partial charge in [0.15, 0.2) is 0 Å². The molecule has 3 aromatic carbocycles. The van der Waals surface area contributed by atoms with E-state index >= 15 is 0 Å². The van der Waals surface area contributed by atoms with Crippen molar-refractivity contribution in [1.29, 1.82) is 5.26 Å². The van der Waals surface area contributed by atoms with Gasteiger partial charge in [0.05, 0.1) is 29.1 Å². The molecule has 1 atom stereocenters. The number of nitrogens with one attached hydrogen (secondary N) is 1. The highest BCUT2D eigenvalue weighted by molar-refractivity contribution is 5.77. The van der Waals surface area contributed by atoms with Gasteiger partial charge in [-0.25, -0.2) is 4.98 Å². The van der Waals surface area contributed by atoms with Crippen LogP contribution < -0.4 is 5.56 Å². The maximum Gasteiger partial charge on any atom is 0.258 e. The van der Waals surface area contributed by atoms with Crippen molar-refractivity contribution >= 4 is 10.9 Å². The van der Waals surface area contributed by atoms with Crippen LogP contribution in [0.2, 0.25) is 0 Å². The first-order valence-electron chi connectivity index (χ1n) is 10.9. The molecule has 0 aliphatic rings. The smallest absolute Gasteiger partial charge is 0.258 e. The van der Waals surface area contributed by atoms with Crippen molar-refractivity contribution in [2.75, 3.05) is 0 Å². The summed E-state index contributed by atoms with van der Waals surface area (Å²) in [6, 6.07) is 26.0. The molecule has 0 fully saturated rings. The van der Waals surface area contributed by atoms with Gasteiger partial charge in [0, 0.05) is 12.6 Å². The van der Waals surface area contributed by atoms with Gasteiger partial charge in [-0.15, -0.1) is 0 Å². The number of nitrogens with zero attached hydrogens (tertiary/aromatic N) is 3. The minimum absolute atomic E-state index is 0.102. The second-order valence-electron chi connectivity index (χ2n) is 8.05. The molecule has 0 bridgehead atoms. The van der Waals surface area contributed by atoms with Crippen molar-refractivity contribution in [2.24, 2.45) is 0 Å². The fourth-order valence-electron chi connectivity index (χ4n) is 3.88. The molecular formula is C27H26N4O. The molecule has 1 N–H and O–H groups in total. The first kappa shape index (κ1) is 21.5. The summed E-state index contributed by atoms with van der Waals surface area (Å²) < 4.78 is 0. The largest absolute Gasteiger partial charge is 0.309 e. The SMILES string of the molecule is CCC(C)N(Cc1ccc(-c2ccccc2C#N)cc1)Cc1nc2ccccc2c(=O)[nH]1. The topological polar surface area (TPSA) is 72.8 Å². The fraction of sp³-hybridized carbons (Fsp3) is 0.222. The quantitative estimate of drug-likeness (QED) is 0.441. The Balaban J connectivity index is 1.57. The number of benzene rings is 3. The molecule has 0 saturated heterocycles. The molecule has 4 aromatic rings. The first-order valence-corrected chi connectivity index (χ1v) is 10.9. The Morgan fingerprint density at radius 2 is 1.72 bits per heavy atom. The summed E-state index contributed by atoms with van der Waals surface area (Å²) in [6.45, 7) is 5.66. The van der Waals surface area contributed by atoms with E-state index < -0.39 is 0 Å². The van der Waals surface area contributed by atoms with Crippen LogP contribution in [-0.4, -0.2) is 20.9 Å². The Labute approximate surface area is 188 Å². The molecule has 160 valence electrons. The first-order chi connectivity index (χ1) is 15.6. The lowest BCUT2D eigenvalue weighted by Gasteiger charge is -2.28. The molecule has 1 heterocycles. The van der Waals surface area contributed by atoms with Crippen molar-refractivity contribution in [3.8, 4) is 17.2 Å². The summed E-state index contributed by atoms with van der Waals surface area (Å²) in [7, 11) is 0. The third-order valence-electron chi connectivity index (χ3n) is 5.93. The minimum Gasteiger partial charge on any atom is -0.309 e. The standard InChI is InChI=1S/C27H26N4O/c1-3-19(2)31(18-26-29-25-11-7-6-10-24(25)27(32)30-26)17-20-12-14-21(15-13-20)23-9-5-4-8-22(23)16-28/h4-15,19H,3,17-18H2,1-2H3,(H,29,30,32). The van der Waals surface area contributed by atoms with Crippen LogP contribution in [0, 0.1) is 11.3 Å². The van der Waals surface area contributed by atoms with Gasteiger partial charge in [0.25, 0.3) is 5.56 Å². The number of hydrogen-bond acceptors (Lipinski definition) is 4. The average molecular weight is 423 g/mol. The van der Waals surface area contributed by atoms with E-state index in [1.165, 1.54) is 5.56 Å². The number of rotatable bonds is 7. The number of aromatic amines is 1. The van der Waals surface area contributed by atoms with E-state index in [0.717, 1.165) is 29.6 Å². The second-order valence-corrected chi connectivity index (χ2v) is 8.05. The maximum absolute atomic E-state index is 12.5. The van der Waals surface area contributed by atoms with E-state index in [2.05, 4.69) is 59.1 Å². The summed E-state index contributed by atoms with van der Waals surface area (Å²) in [5, 5.41) is 9.99. The zero-order chi connectivity index (χ0) is 22.5. The van der Waals surface area contributed by atoms with Crippen LogP contribution in [0.4, 0.5) is 0 Å². The second kappa shape index (κ2) is 9.59. The highest BCUT2D eigenvalue weighted by atomic mass is 16.1. The van der Waals surface area contributed by atoms with E-state index in [-0.39, 0.29) is 5.56 Å². The molecule has 0 aliphatic carbocycles. The number of aromatic nitrogens is 2. The number of hydrogen-bond donors (Lipinski definition) is 1. The molecule has 5 heteroatoms. The molecule has 4 rings (SSSR count). The van der Waals surface area contributed by atoms with Crippen molar-refractivity contribution in [1.82, 2.24) is 14.9 Å². The molecule has 0 amide bonds. The van der Waals surface area contributed by atoms with Crippen LogP contribution in [0.15, 0.2) is 77.6 Å². The highest BCUT2D eigenvalue weighted by Crippen LogP contribution is 2.24. The minimum atomic E-state index is -0.102. The predicted octanol–water partition coefficient (Wildman–Crippen LogP) is 5.26. The van der Waals surface area contributed by atoms with Crippen molar-refractivity contribution in [3.05, 3.63) is 100 Å². The van der Waals surface area contributed by atoms with Gasteiger partial charge >= 0.3 is 0 Å². The third kappa shape index (κ3) is 4.61. The zero-order valence-electron chi connectivity index (χ0n) is 18.4. The van der Waals surface area contributed by atoms with Crippen LogP contribution in [0.5, 0.6) is 0 Å². The van der Waals surface area contributed by atoms with Crippen LogP contribution >= 0.6 is 0 Å². The van der Waals surface area contributed by atoms with Gasteiger partial charge in [-0.2, -0.15) is 5.26 Å². The number of H-pyrrole nitrogens is 1. The van der Waals surface area contributed by atoms with Crippen molar-refractivity contribution < 1.29 is 0 Å². The van der Waals surface area contributed by atoms with Crippen LogP contribution in [0.3, 0.4) is 0 Å². The number of para-hydroxylation sites is 1. The number of fused-ring (bicyclic) bond motifs is 1. The Morgan fingerprint density at radius 3 is 2.47 bits per heavy atom. The van der Waals surface area contributed by atoms with Gasteiger partial charge in [0.2, 0.25) is 0 Å². The van der Waals surface area contributed by atoms with E-state index in [9.17, 15) is 10.1 Å². The lowest BCUT2D eigenvalue weighted by atomic mass is 9.99. The van der Waals surface area contributed by atoms with Crippen LogP contribution in [0.1, 0.15) is 37.2 Å². The van der Waals surface area contributed by atoms with Crippen molar-refractivity contribution in [3.63, 3.8) is 0 Å². The molecule has 0 radical (unpaired) electrons. The Morgan fingerprint density at radius 1 is 1.00 bits per heavy atom. The van der Waals surface area contributed by atoms with E-state index in [1.807, 2.05) is 42.5 Å². The predicted molar refractivity (Wildman–Crippen MR) is 128 cm³/mol. The van der Waals surface area contributed by atoms with Crippen LogP contribution in [0.25, 0.3) is 22.0 Å². The maximum atomic E-state index is 12.5. The fourth-order valence-corrected chi connectivity index (χ4v) is 3.88. The highest BCUT2D eigenvalue weighted by Gasteiger charge is 2.16. The Hall–Kier alpha value is -3.75. The molecular weight excluding hydrogens is 396 g/mol. The zero-order valence-corrected chi connectivity index (χ0v) is 18.4. The summed E-state index contributed by atoms with van der Waals surface area (Å²) in [6.07, 6.45) is 0.992. The van der Waals surface area contributed by atoms with Gasteiger partial charge in [-0.1, -0.05) is 61.5 Å². The van der Waals surface area contributed by atoms with E-state index in [0.29, 0.717) is 29.4 Å². The Kier molecular flexibility index (Phi) is 6.44. The third-order valence-corrected chi connectivity index (χ3v) is 5.93. The molecule has 5 nitrogen and oxygen atoms in total. The molecule has 1 unspecified atom stereocenters. The van der Waals surface area contributed by atoms with E-state index in [4.69, 9.17) is 0 Å². The molecule has 32 heavy (non-hydrogen) atoms. The van der Waals surface area contributed by atoms with Crippen molar-refractivity contribution in [2.45, 2.75) is 39.4 Å². The molecule has 0 saturated carbocycles. The summed E-state index contributed by atoms with van der Waals surface area (Å²) in [5.41, 5.74) is 4.44. The monoisotopic (exact) mass is 422 g/mol.